The van der Waals surface area contributed by atoms with E-state index in [4.69, 9.17) is 4.74 Å². The molecule has 0 aromatic heterocycles. The molecule has 70 valence electrons. The van der Waals surface area contributed by atoms with E-state index in [0.29, 0.717) is 11.5 Å². The Labute approximate surface area is 83.3 Å². The van der Waals surface area contributed by atoms with E-state index >= 15 is 0 Å². The minimum atomic E-state index is -0.290. The van der Waals surface area contributed by atoms with Gasteiger partial charge in [-0.2, -0.15) is 12.6 Å². The van der Waals surface area contributed by atoms with Crippen LogP contribution in [0.15, 0.2) is 18.2 Å². The number of carbonyl (C=O) groups is 1. The van der Waals surface area contributed by atoms with Crippen molar-refractivity contribution in [2.24, 2.45) is 0 Å². The highest BCUT2D eigenvalue weighted by atomic mass is 32.1. The molecule has 2 nitrogen and oxygen atoms in total. The summed E-state index contributed by atoms with van der Waals surface area (Å²) in [6, 6.07) is 5.66. The number of thiol groups is 1. The maximum atomic E-state index is 10.7. The van der Waals surface area contributed by atoms with Crippen LogP contribution >= 0.6 is 12.6 Å². The molecule has 0 bridgehead atoms. The average molecular weight is 196 g/mol. The first-order chi connectivity index (χ1) is 6.13. The maximum absolute atomic E-state index is 10.7. The molecule has 0 amide bonds. The Kier molecular flexibility index (Phi) is 3.37. The number of ether oxygens (including phenoxy) is 1. The lowest BCUT2D eigenvalue weighted by Crippen LogP contribution is -2.02. The van der Waals surface area contributed by atoms with Gasteiger partial charge in [0.2, 0.25) is 0 Å². The first kappa shape index (κ1) is 10.1. The molecule has 0 atom stereocenters. The number of benzene rings is 1. The van der Waals surface area contributed by atoms with Crippen LogP contribution in [0.3, 0.4) is 0 Å². The fraction of sp³-hybridized carbons (Fsp3) is 0.300. The van der Waals surface area contributed by atoms with Gasteiger partial charge in [0.1, 0.15) is 5.75 Å². The molecule has 0 saturated heterocycles. The van der Waals surface area contributed by atoms with Crippen LogP contribution in [0.1, 0.15) is 18.1 Å². The summed E-state index contributed by atoms with van der Waals surface area (Å²) in [5, 5.41) is 0. The highest BCUT2D eigenvalue weighted by Gasteiger charge is 2.02. The van der Waals surface area contributed by atoms with E-state index in [-0.39, 0.29) is 5.97 Å². The Morgan fingerprint density at radius 1 is 1.54 bits per heavy atom. The highest BCUT2D eigenvalue weighted by molar-refractivity contribution is 7.79. The molecule has 0 heterocycles. The number of aryl methyl sites for hydroxylation is 1. The molecule has 0 aliphatic heterocycles. The predicted octanol–water partition coefficient (Wildman–Crippen LogP) is 2.35. The van der Waals surface area contributed by atoms with Gasteiger partial charge in [-0.15, -0.1) is 0 Å². The molecule has 0 aliphatic rings. The van der Waals surface area contributed by atoms with Gasteiger partial charge in [0, 0.05) is 12.7 Å². The van der Waals surface area contributed by atoms with E-state index in [0.717, 1.165) is 11.1 Å². The van der Waals surface area contributed by atoms with Gasteiger partial charge in [-0.05, 0) is 24.1 Å². The van der Waals surface area contributed by atoms with Gasteiger partial charge in [0.05, 0.1) is 0 Å². The number of esters is 1. The number of rotatable bonds is 2. The lowest BCUT2D eigenvalue weighted by molar-refractivity contribution is -0.131. The van der Waals surface area contributed by atoms with Crippen LogP contribution in [0.5, 0.6) is 5.75 Å². The van der Waals surface area contributed by atoms with Gasteiger partial charge in [0.15, 0.2) is 0 Å². The molecular formula is C10H12O2S. The van der Waals surface area contributed by atoms with Crippen LogP contribution in [-0.4, -0.2) is 5.97 Å². The third kappa shape index (κ3) is 2.77. The molecule has 0 saturated carbocycles. The second kappa shape index (κ2) is 4.33. The van der Waals surface area contributed by atoms with E-state index in [1.54, 1.807) is 6.07 Å². The van der Waals surface area contributed by atoms with Crippen molar-refractivity contribution in [3.05, 3.63) is 29.3 Å². The number of carbonyl (C=O) groups excluding carboxylic acids is 1. The zero-order valence-corrected chi connectivity index (χ0v) is 8.60. The molecule has 1 rings (SSSR count). The molecule has 0 aliphatic carbocycles. The SMILES string of the molecule is CC(=O)Oc1ccc(CS)cc1C. The zero-order valence-electron chi connectivity index (χ0n) is 7.70. The Balaban J connectivity index is 2.91. The van der Waals surface area contributed by atoms with Gasteiger partial charge in [0.25, 0.3) is 0 Å². The summed E-state index contributed by atoms with van der Waals surface area (Å²) in [5.74, 6) is 1.03. The van der Waals surface area contributed by atoms with Crippen molar-refractivity contribution in [2.45, 2.75) is 19.6 Å². The standard InChI is InChI=1S/C10H12O2S/c1-7-5-9(6-13)3-4-10(7)12-8(2)11/h3-5,13H,6H2,1-2H3. The summed E-state index contributed by atoms with van der Waals surface area (Å²) in [6.45, 7) is 3.30. The largest absolute Gasteiger partial charge is 0.426 e. The Morgan fingerprint density at radius 2 is 2.23 bits per heavy atom. The monoisotopic (exact) mass is 196 g/mol. The summed E-state index contributed by atoms with van der Waals surface area (Å²) in [5.41, 5.74) is 2.08. The first-order valence-electron chi connectivity index (χ1n) is 4.02. The van der Waals surface area contributed by atoms with Crippen LogP contribution < -0.4 is 4.74 Å². The Bertz CT molecular complexity index is 321. The third-order valence-electron chi connectivity index (χ3n) is 1.68. The van der Waals surface area contributed by atoms with Crippen LogP contribution in [-0.2, 0) is 10.5 Å². The predicted molar refractivity (Wildman–Crippen MR) is 55.2 cm³/mol. The zero-order chi connectivity index (χ0) is 9.84. The molecule has 0 fully saturated rings. The fourth-order valence-electron chi connectivity index (χ4n) is 1.08. The topological polar surface area (TPSA) is 26.3 Å². The number of hydrogen-bond acceptors (Lipinski definition) is 3. The van der Waals surface area contributed by atoms with E-state index < -0.39 is 0 Å². The molecule has 13 heavy (non-hydrogen) atoms. The summed E-state index contributed by atoms with van der Waals surface area (Å²) < 4.78 is 4.98. The van der Waals surface area contributed by atoms with Crippen LogP contribution in [0.4, 0.5) is 0 Å². The van der Waals surface area contributed by atoms with Crippen molar-refractivity contribution in [1.82, 2.24) is 0 Å². The van der Waals surface area contributed by atoms with Crippen LogP contribution in [0.25, 0.3) is 0 Å². The van der Waals surface area contributed by atoms with E-state index in [1.807, 2.05) is 19.1 Å². The molecule has 0 radical (unpaired) electrons. The first-order valence-corrected chi connectivity index (χ1v) is 4.65. The van der Waals surface area contributed by atoms with Gasteiger partial charge in [-0.3, -0.25) is 4.79 Å². The van der Waals surface area contributed by atoms with Crippen molar-refractivity contribution >= 4 is 18.6 Å². The highest BCUT2D eigenvalue weighted by Crippen LogP contribution is 2.19. The van der Waals surface area contributed by atoms with Crippen molar-refractivity contribution in [2.75, 3.05) is 0 Å². The second-order valence-corrected chi connectivity index (χ2v) is 3.17. The van der Waals surface area contributed by atoms with Crippen molar-refractivity contribution < 1.29 is 9.53 Å². The van der Waals surface area contributed by atoms with Crippen molar-refractivity contribution in [3.8, 4) is 5.75 Å². The molecular weight excluding hydrogens is 184 g/mol. The molecule has 0 unspecified atom stereocenters. The van der Waals surface area contributed by atoms with Crippen LogP contribution in [0.2, 0.25) is 0 Å². The van der Waals surface area contributed by atoms with Gasteiger partial charge < -0.3 is 4.74 Å². The van der Waals surface area contributed by atoms with Gasteiger partial charge >= 0.3 is 5.97 Å². The van der Waals surface area contributed by atoms with E-state index in [2.05, 4.69) is 12.6 Å². The molecule has 0 N–H and O–H groups in total. The summed E-state index contributed by atoms with van der Waals surface area (Å²) >= 11 is 4.15. The normalized spacial score (nSPS) is 9.77. The third-order valence-corrected chi connectivity index (χ3v) is 2.04. The minimum Gasteiger partial charge on any atom is -0.426 e. The number of hydrogen-bond donors (Lipinski definition) is 1. The average Bonchev–Trinajstić information content (AvgIpc) is 2.08. The Morgan fingerprint density at radius 3 is 2.69 bits per heavy atom. The summed E-state index contributed by atoms with van der Waals surface area (Å²) in [4.78, 5) is 10.7. The lowest BCUT2D eigenvalue weighted by Gasteiger charge is -2.06. The van der Waals surface area contributed by atoms with E-state index in [1.165, 1.54) is 6.92 Å². The summed E-state index contributed by atoms with van der Waals surface area (Å²) in [6.07, 6.45) is 0. The maximum Gasteiger partial charge on any atom is 0.308 e. The van der Waals surface area contributed by atoms with E-state index in [9.17, 15) is 4.79 Å². The molecule has 1 aromatic carbocycles. The fourth-order valence-corrected chi connectivity index (χ4v) is 1.28. The lowest BCUT2D eigenvalue weighted by atomic mass is 10.1. The van der Waals surface area contributed by atoms with Gasteiger partial charge in [-0.1, -0.05) is 12.1 Å². The van der Waals surface area contributed by atoms with Crippen LogP contribution in [0, 0.1) is 6.92 Å². The minimum absolute atomic E-state index is 0.290. The van der Waals surface area contributed by atoms with Crippen molar-refractivity contribution in [3.63, 3.8) is 0 Å². The molecule has 0 spiro atoms. The smallest absolute Gasteiger partial charge is 0.308 e. The van der Waals surface area contributed by atoms with Gasteiger partial charge in [-0.25, -0.2) is 0 Å². The molecule has 1 aromatic rings. The quantitative estimate of drug-likeness (QED) is 0.446. The molecule has 3 heteroatoms. The summed E-state index contributed by atoms with van der Waals surface area (Å²) in [7, 11) is 0. The Hall–Kier alpha value is -0.960. The van der Waals surface area contributed by atoms with Crippen molar-refractivity contribution in [1.29, 1.82) is 0 Å². The second-order valence-electron chi connectivity index (χ2n) is 2.85.